The summed E-state index contributed by atoms with van der Waals surface area (Å²) in [6.45, 7) is 7.64. The first-order valence-corrected chi connectivity index (χ1v) is 8.14. The molecule has 20 heavy (non-hydrogen) atoms. The summed E-state index contributed by atoms with van der Waals surface area (Å²) in [5.74, 6) is 0.539. The van der Waals surface area contributed by atoms with Crippen LogP contribution in [0.2, 0.25) is 0 Å². The summed E-state index contributed by atoms with van der Waals surface area (Å²) in [6, 6.07) is 0. The Kier molecular flexibility index (Phi) is 5.51. The van der Waals surface area contributed by atoms with E-state index >= 15 is 0 Å². The average molecular weight is 296 g/mol. The minimum absolute atomic E-state index is 0.0556. The Morgan fingerprint density at radius 2 is 2.50 bits per heavy atom. The molecule has 2 atom stereocenters. The summed E-state index contributed by atoms with van der Waals surface area (Å²) in [4.78, 5) is 18.7. The van der Waals surface area contributed by atoms with Gasteiger partial charge in [-0.15, -0.1) is 11.3 Å². The number of nitrogens with two attached hydrogens (primary N) is 1. The fourth-order valence-corrected chi connectivity index (χ4v) is 3.14. The van der Waals surface area contributed by atoms with Crippen LogP contribution < -0.4 is 11.1 Å². The van der Waals surface area contributed by atoms with E-state index in [0.717, 1.165) is 31.2 Å². The minimum Gasteiger partial charge on any atom is -0.330 e. The van der Waals surface area contributed by atoms with E-state index in [-0.39, 0.29) is 11.8 Å². The lowest BCUT2D eigenvalue weighted by Crippen LogP contribution is -2.33. The van der Waals surface area contributed by atoms with E-state index in [1.54, 1.807) is 0 Å². The molecule has 1 amide bonds. The number of carbonyl (C=O) groups excluding carboxylic acids is 1. The number of likely N-dealkylation sites (tertiary alicyclic amines) is 1. The SMILES string of the molecule is CC1CCCN(Cc2csc(NC(=O)C(C)CN)n2)C1. The molecule has 2 heterocycles. The number of hydrogen-bond acceptors (Lipinski definition) is 5. The van der Waals surface area contributed by atoms with Crippen molar-refractivity contribution in [2.24, 2.45) is 17.6 Å². The Hall–Kier alpha value is -0.980. The van der Waals surface area contributed by atoms with Crippen LogP contribution in [0.1, 0.15) is 32.4 Å². The molecule has 5 nitrogen and oxygen atoms in total. The van der Waals surface area contributed by atoms with Crippen LogP contribution in [0.4, 0.5) is 5.13 Å². The van der Waals surface area contributed by atoms with Crippen LogP contribution in [0, 0.1) is 11.8 Å². The first kappa shape index (κ1) is 15.4. The molecule has 1 aromatic heterocycles. The Labute approximate surface area is 124 Å². The van der Waals surface area contributed by atoms with E-state index < -0.39 is 0 Å². The smallest absolute Gasteiger partial charge is 0.230 e. The zero-order chi connectivity index (χ0) is 14.5. The molecule has 1 saturated heterocycles. The molecule has 0 aromatic carbocycles. The molecule has 1 aromatic rings. The molecule has 0 spiro atoms. The molecule has 3 N–H and O–H groups in total. The van der Waals surface area contributed by atoms with Crippen molar-refractivity contribution in [1.82, 2.24) is 9.88 Å². The largest absolute Gasteiger partial charge is 0.330 e. The molecular weight excluding hydrogens is 272 g/mol. The molecule has 0 radical (unpaired) electrons. The van der Waals surface area contributed by atoms with Crippen LogP contribution in [0.15, 0.2) is 5.38 Å². The quantitative estimate of drug-likeness (QED) is 0.870. The van der Waals surface area contributed by atoms with Crippen molar-refractivity contribution in [2.45, 2.75) is 33.2 Å². The van der Waals surface area contributed by atoms with Gasteiger partial charge in [0.2, 0.25) is 5.91 Å². The van der Waals surface area contributed by atoms with Crippen molar-refractivity contribution in [2.75, 3.05) is 25.0 Å². The number of hydrogen-bond donors (Lipinski definition) is 2. The van der Waals surface area contributed by atoms with Crippen molar-refractivity contribution >= 4 is 22.4 Å². The Balaban J connectivity index is 1.87. The van der Waals surface area contributed by atoms with Crippen molar-refractivity contribution in [1.29, 1.82) is 0 Å². The second kappa shape index (κ2) is 7.15. The first-order chi connectivity index (χ1) is 9.58. The van der Waals surface area contributed by atoms with Crippen LogP contribution in [-0.4, -0.2) is 35.4 Å². The highest BCUT2D eigenvalue weighted by Crippen LogP contribution is 2.21. The van der Waals surface area contributed by atoms with Gasteiger partial charge < -0.3 is 11.1 Å². The third-order valence-corrected chi connectivity index (χ3v) is 4.52. The third kappa shape index (κ3) is 4.26. The summed E-state index contributed by atoms with van der Waals surface area (Å²) in [7, 11) is 0. The number of aromatic nitrogens is 1. The summed E-state index contributed by atoms with van der Waals surface area (Å²) >= 11 is 1.48. The van der Waals surface area contributed by atoms with Crippen LogP contribution >= 0.6 is 11.3 Å². The highest BCUT2D eigenvalue weighted by Gasteiger charge is 2.18. The standard InChI is InChI=1S/C14H24N4OS/c1-10-4-3-5-18(7-10)8-12-9-20-14(16-12)17-13(19)11(2)6-15/h9-11H,3-8,15H2,1-2H3,(H,16,17,19). The molecule has 0 bridgehead atoms. The number of piperidine rings is 1. The Bertz CT molecular complexity index is 448. The van der Waals surface area contributed by atoms with Gasteiger partial charge in [-0.3, -0.25) is 9.69 Å². The fraction of sp³-hybridized carbons (Fsp3) is 0.714. The summed E-state index contributed by atoms with van der Waals surface area (Å²) in [5, 5.41) is 5.53. The van der Waals surface area contributed by atoms with E-state index in [9.17, 15) is 4.79 Å². The van der Waals surface area contributed by atoms with Gasteiger partial charge in [-0.25, -0.2) is 4.98 Å². The molecule has 0 saturated carbocycles. The average Bonchev–Trinajstić information content (AvgIpc) is 2.85. The second-order valence-electron chi connectivity index (χ2n) is 5.75. The van der Waals surface area contributed by atoms with E-state index in [4.69, 9.17) is 5.73 Å². The third-order valence-electron chi connectivity index (χ3n) is 3.71. The van der Waals surface area contributed by atoms with Gasteiger partial charge >= 0.3 is 0 Å². The summed E-state index contributed by atoms with van der Waals surface area (Å²) < 4.78 is 0. The maximum atomic E-state index is 11.8. The molecule has 2 rings (SSSR count). The highest BCUT2D eigenvalue weighted by atomic mass is 32.1. The van der Waals surface area contributed by atoms with E-state index in [2.05, 4.69) is 22.1 Å². The maximum Gasteiger partial charge on any atom is 0.230 e. The van der Waals surface area contributed by atoms with Gasteiger partial charge in [0.05, 0.1) is 5.69 Å². The highest BCUT2D eigenvalue weighted by molar-refractivity contribution is 7.13. The van der Waals surface area contributed by atoms with Crippen molar-refractivity contribution in [3.05, 3.63) is 11.1 Å². The van der Waals surface area contributed by atoms with Gasteiger partial charge in [-0.2, -0.15) is 0 Å². The summed E-state index contributed by atoms with van der Waals surface area (Å²) in [6.07, 6.45) is 2.59. The van der Waals surface area contributed by atoms with E-state index in [1.165, 1.54) is 24.2 Å². The molecule has 0 aliphatic carbocycles. The monoisotopic (exact) mass is 296 g/mol. The number of nitrogens with zero attached hydrogens (tertiary/aromatic N) is 2. The van der Waals surface area contributed by atoms with E-state index in [1.807, 2.05) is 12.3 Å². The molecule has 2 unspecified atom stereocenters. The number of rotatable bonds is 5. The number of carbonyl (C=O) groups is 1. The number of nitrogens with one attached hydrogen (secondary N) is 1. The van der Waals surface area contributed by atoms with Crippen molar-refractivity contribution in [3.8, 4) is 0 Å². The fourth-order valence-electron chi connectivity index (χ4n) is 2.43. The van der Waals surface area contributed by atoms with Crippen molar-refractivity contribution in [3.63, 3.8) is 0 Å². The zero-order valence-corrected chi connectivity index (χ0v) is 13.1. The maximum absolute atomic E-state index is 11.8. The zero-order valence-electron chi connectivity index (χ0n) is 12.3. The predicted octanol–water partition coefficient (Wildman–Crippen LogP) is 1.91. The lowest BCUT2D eigenvalue weighted by Gasteiger charge is -2.30. The molecule has 112 valence electrons. The van der Waals surface area contributed by atoms with Gasteiger partial charge in [-0.1, -0.05) is 13.8 Å². The van der Waals surface area contributed by atoms with Crippen LogP contribution in [0.3, 0.4) is 0 Å². The Morgan fingerprint density at radius 1 is 1.70 bits per heavy atom. The topological polar surface area (TPSA) is 71.2 Å². The van der Waals surface area contributed by atoms with Crippen LogP contribution in [0.25, 0.3) is 0 Å². The molecule has 1 fully saturated rings. The van der Waals surface area contributed by atoms with Gasteiger partial charge in [0, 0.05) is 30.9 Å². The van der Waals surface area contributed by atoms with Crippen LogP contribution in [-0.2, 0) is 11.3 Å². The lowest BCUT2D eigenvalue weighted by atomic mass is 10.0. The number of thiazole rings is 1. The van der Waals surface area contributed by atoms with Gasteiger partial charge in [0.15, 0.2) is 5.13 Å². The first-order valence-electron chi connectivity index (χ1n) is 7.26. The second-order valence-corrected chi connectivity index (χ2v) is 6.61. The molecule has 6 heteroatoms. The molecular formula is C14H24N4OS. The van der Waals surface area contributed by atoms with Gasteiger partial charge in [0.25, 0.3) is 0 Å². The summed E-state index contributed by atoms with van der Waals surface area (Å²) in [5.41, 5.74) is 6.53. The van der Waals surface area contributed by atoms with Crippen molar-refractivity contribution < 1.29 is 4.79 Å². The van der Waals surface area contributed by atoms with Gasteiger partial charge in [-0.05, 0) is 25.3 Å². The van der Waals surface area contributed by atoms with Gasteiger partial charge in [0.1, 0.15) is 0 Å². The predicted molar refractivity (Wildman–Crippen MR) is 82.6 cm³/mol. The van der Waals surface area contributed by atoms with E-state index in [0.29, 0.717) is 11.7 Å². The van der Waals surface area contributed by atoms with Crippen LogP contribution in [0.5, 0.6) is 0 Å². The normalized spacial score (nSPS) is 21.6. The minimum atomic E-state index is -0.176. The number of amides is 1. The number of anilines is 1. The Morgan fingerprint density at radius 3 is 3.20 bits per heavy atom. The molecule has 1 aliphatic heterocycles. The lowest BCUT2D eigenvalue weighted by molar-refractivity contribution is -0.119. The molecule has 1 aliphatic rings.